The first-order chi connectivity index (χ1) is 14.0. The van der Waals surface area contributed by atoms with Crippen LogP contribution in [0.5, 0.6) is 0 Å². The summed E-state index contributed by atoms with van der Waals surface area (Å²) in [6, 6.07) is 0. The maximum atomic E-state index is 12.4. The Labute approximate surface area is 176 Å². The number of aliphatic hydroxyl groups excluding tert-OH is 2. The summed E-state index contributed by atoms with van der Waals surface area (Å²) in [6.07, 6.45) is -1.50. The largest absolute Gasteiger partial charge is 0.465 e. The number of epoxide rings is 1. The summed E-state index contributed by atoms with van der Waals surface area (Å²) in [6.45, 7) is 9.28. The van der Waals surface area contributed by atoms with Crippen LogP contribution >= 0.6 is 0 Å². The zero-order valence-electron chi connectivity index (χ0n) is 18.2. The molecule has 2 N–H and O–H groups in total. The highest BCUT2D eigenvalue weighted by Gasteiger charge is 2.85. The highest BCUT2D eigenvalue weighted by atomic mass is 16.6. The molecular formula is C22H32O8. The zero-order valence-corrected chi connectivity index (χ0v) is 18.2. The van der Waals surface area contributed by atoms with Gasteiger partial charge in [-0.3, -0.25) is 9.59 Å². The van der Waals surface area contributed by atoms with Gasteiger partial charge in [0.2, 0.25) is 0 Å². The van der Waals surface area contributed by atoms with Crippen LogP contribution in [-0.4, -0.2) is 71.5 Å². The minimum absolute atomic E-state index is 0.0346. The molecule has 30 heavy (non-hydrogen) atoms. The molecule has 1 spiro atoms. The van der Waals surface area contributed by atoms with Crippen LogP contribution in [0.4, 0.5) is 0 Å². The van der Waals surface area contributed by atoms with Crippen LogP contribution in [0.3, 0.4) is 0 Å². The molecule has 0 radical (unpaired) electrons. The number of carbonyl (C=O) groups is 2. The van der Waals surface area contributed by atoms with E-state index in [1.807, 2.05) is 33.8 Å². The summed E-state index contributed by atoms with van der Waals surface area (Å²) in [5.41, 5.74) is -1.89. The van der Waals surface area contributed by atoms with E-state index < -0.39 is 52.9 Å². The fourth-order valence-corrected chi connectivity index (χ4v) is 5.92. The molecule has 0 amide bonds. The molecule has 0 aromatic carbocycles. The van der Waals surface area contributed by atoms with Gasteiger partial charge in [-0.1, -0.05) is 26.8 Å². The SMILES string of the molecule is CC(=O)OC[C@@]12C[C@@H](OC(=O)CC(C)C)C(C)=C[C@@H]1O[C@H]1[C@@H](O)[C@H](O)[C@]2(C)[C@]12CO2. The summed E-state index contributed by atoms with van der Waals surface area (Å²) in [4.78, 5) is 24.1. The van der Waals surface area contributed by atoms with Crippen LogP contribution < -0.4 is 0 Å². The van der Waals surface area contributed by atoms with Gasteiger partial charge in [-0.15, -0.1) is 0 Å². The Bertz CT molecular complexity index is 771. The molecule has 4 rings (SSSR count). The number of ether oxygens (including phenoxy) is 4. The van der Waals surface area contributed by atoms with Crippen molar-refractivity contribution in [3.8, 4) is 0 Å². The maximum absolute atomic E-state index is 12.4. The highest BCUT2D eigenvalue weighted by molar-refractivity contribution is 5.70. The third-order valence-electron chi connectivity index (χ3n) is 7.74. The van der Waals surface area contributed by atoms with Gasteiger partial charge in [-0.05, 0) is 18.4 Å². The molecular weight excluding hydrogens is 392 g/mol. The van der Waals surface area contributed by atoms with Crippen molar-refractivity contribution in [2.75, 3.05) is 13.2 Å². The normalized spacial score (nSPS) is 46.4. The Morgan fingerprint density at radius 1 is 1.33 bits per heavy atom. The minimum Gasteiger partial charge on any atom is -0.465 e. The van der Waals surface area contributed by atoms with Crippen molar-refractivity contribution in [3.05, 3.63) is 11.6 Å². The fourth-order valence-electron chi connectivity index (χ4n) is 5.92. The molecule has 4 aliphatic rings. The number of hydrogen-bond donors (Lipinski definition) is 2. The van der Waals surface area contributed by atoms with Gasteiger partial charge in [0.05, 0.1) is 18.8 Å². The Morgan fingerprint density at radius 2 is 2.00 bits per heavy atom. The smallest absolute Gasteiger partial charge is 0.306 e. The van der Waals surface area contributed by atoms with Gasteiger partial charge in [0.25, 0.3) is 0 Å². The second kappa shape index (κ2) is 7.02. The van der Waals surface area contributed by atoms with Crippen LogP contribution in [-0.2, 0) is 28.5 Å². The Morgan fingerprint density at radius 3 is 2.57 bits per heavy atom. The zero-order chi connectivity index (χ0) is 22.1. The number of fused-ring (bicyclic) bond motifs is 2. The molecule has 0 unspecified atom stereocenters. The van der Waals surface area contributed by atoms with E-state index in [0.29, 0.717) is 19.4 Å². The molecule has 2 heterocycles. The maximum Gasteiger partial charge on any atom is 0.306 e. The van der Waals surface area contributed by atoms with Gasteiger partial charge in [0.1, 0.15) is 30.5 Å². The summed E-state index contributed by atoms with van der Waals surface area (Å²) >= 11 is 0. The molecule has 3 fully saturated rings. The Hall–Kier alpha value is -1.48. The molecule has 2 saturated heterocycles. The first-order valence-electron chi connectivity index (χ1n) is 10.7. The fraction of sp³-hybridized carbons (Fsp3) is 0.818. The number of hydrogen-bond acceptors (Lipinski definition) is 8. The van der Waals surface area contributed by atoms with Gasteiger partial charge in [0, 0.05) is 30.6 Å². The lowest BCUT2D eigenvalue weighted by Gasteiger charge is -2.58. The van der Waals surface area contributed by atoms with E-state index in [0.717, 1.165) is 5.57 Å². The average Bonchev–Trinajstić information content (AvgIpc) is 3.43. The molecule has 0 aromatic heterocycles. The standard InChI is InChI=1S/C22H32O8/c1-11(2)6-16(24)29-14-8-21(9-27-13(4)23)15(7-12(14)3)30-19-17(25)18(26)20(21,5)22(19)10-28-22/h7,11,14-15,17-19,25-26H,6,8-10H2,1-5H3/t14-,15+,17+,18+,19+,20+,21+,22+/m1/s1. The number of aliphatic hydroxyl groups is 2. The van der Waals surface area contributed by atoms with E-state index >= 15 is 0 Å². The van der Waals surface area contributed by atoms with E-state index in [4.69, 9.17) is 18.9 Å². The summed E-state index contributed by atoms with van der Waals surface area (Å²) in [5, 5.41) is 21.9. The average molecular weight is 424 g/mol. The highest BCUT2D eigenvalue weighted by Crippen LogP contribution is 2.71. The van der Waals surface area contributed by atoms with E-state index in [1.54, 1.807) is 0 Å². The second-order valence-corrected chi connectivity index (χ2v) is 9.92. The van der Waals surface area contributed by atoms with E-state index in [9.17, 15) is 19.8 Å². The van der Waals surface area contributed by atoms with Crippen LogP contribution in [0.15, 0.2) is 11.6 Å². The monoisotopic (exact) mass is 424 g/mol. The van der Waals surface area contributed by atoms with Crippen molar-refractivity contribution in [1.82, 2.24) is 0 Å². The Balaban J connectivity index is 1.75. The number of esters is 2. The predicted molar refractivity (Wildman–Crippen MR) is 104 cm³/mol. The first-order valence-corrected chi connectivity index (χ1v) is 10.7. The lowest BCUT2D eigenvalue weighted by Crippen LogP contribution is -2.67. The van der Waals surface area contributed by atoms with Crippen molar-refractivity contribution >= 4 is 11.9 Å². The molecule has 8 atom stereocenters. The van der Waals surface area contributed by atoms with E-state index in [-0.39, 0.29) is 18.5 Å². The molecule has 2 bridgehead atoms. The van der Waals surface area contributed by atoms with Gasteiger partial charge < -0.3 is 29.2 Å². The number of rotatable bonds is 5. The van der Waals surface area contributed by atoms with Crippen molar-refractivity contribution in [2.45, 2.75) is 83.6 Å². The molecule has 2 aliphatic carbocycles. The van der Waals surface area contributed by atoms with Gasteiger partial charge in [0.15, 0.2) is 0 Å². The molecule has 168 valence electrons. The molecule has 1 saturated carbocycles. The lowest BCUT2D eigenvalue weighted by molar-refractivity contribution is -0.239. The Kier molecular flexibility index (Phi) is 5.09. The van der Waals surface area contributed by atoms with Crippen LogP contribution in [0.2, 0.25) is 0 Å². The molecule has 2 aliphatic heterocycles. The number of carbonyl (C=O) groups excluding carboxylic acids is 2. The van der Waals surface area contributed by atoms with Crippen LogP contribution in [0, 0.1) is 16.7 Å². The second-order valence-electron chi connectivity index (χ2n) is 9.92. The van der Waals surface area contributed by atoms with Gasteiger partial charge in [-0.25, -0.2) is 0 Å². The van der Waals surface area contributed by atoms with Crippen molar-refractivity contribution < 1.29 is 38.7 Å². The predicted octanol–water partition coefficient (Wildman–Crippen LogP) is 1.12. The summed E-state index contributed by atoms with van der Waals surface area (Å²) in [7, 11) is 0. The molecule has 8 heteroatoms. The first kappa shape index (κ1) is 21.7. The lowest BCUT2D eigenvalue weighted by atomic mass is 9.51. The summed E-state index contributed by atoms with van der Waals surface area (Å²) < 4.78 is 23.4. The topological polar surface area (TPSA) is 115 Å². The van der Waals surface area contributed by atoms with E-state index in [1.165, 1.54) is 6.92 Å². The summed E-state index contributed by atoms with van der Waals surface area (Å²) in [5.74, 6) is -0.584. The van der Waals surface area contributed by atoms with E-state index in [2.05, 4.69) is 0 Å². The van der Waals surface area contributed by atoms with Crippen molar-refractivity contribution in [1.29, 1.82) is 0 Å². The quantitative estimate of drug-likeness (QED) is 0.383. The van der Waals surface area contributed by atoms with Gasteiger partial charge in [-0.2, -0.15) is 0 Å². The minimum atomic E-state index is -1.13. The van der Waals surface area contributed by atoms with Crippen molar-refractivity contribution in [3.63, 3.8) is 0 Å². The van der Waals surface area contributed by atoms with Crippen LogP contribution in [0.1, 0.15) is 47.5 Å². The van der Waals surface area contributed by atoms with Crippen molar-refractivity contribution in [2.24, 2.45) is 16.7 Å². The third kappa shape index (κ3) is 2.80. The van der Waals surface area contributed by atoms with Crippen LogP contribution in [0.25, 0.3) is 0 Å². The molecule has 8 nitrogen and oxygen atoms in total. The molecule has 0 aromatic rings. The third-order valence-corrected chi connectivity index (χ3v) is 7.74. The van der Waals surface area contributed by atoms with Gasteiger partial charge >= 0.3 is 11.9 Å².